The van der Waals surface area contributed by atoms with E-state index in [9.17, 15) is 5.11 Å². The van der Waals surface area contributed by atoms with Gasteiger partial charge in [-0.1, -0.05) is 65.6 Å². The zero-order valence-electron chi connectivity index (χ0n) is 13.6. The third kappa shape index (κ3) is 3.77. The van der Waals surface area contributed by atoms with Gasteiger partial charge in [0.25, 0.3) is 0 Å². The number of rotatable bonds is 3. The van der Waals surface area contributed by atoms with Gasteiger partial charge in [-0.05, 0) is 24.0 Å². The molecule has 24 heavy (non-hydrogen) atoms. The number of nitrogens with zero attached hydrogens (tertiary/aromatic N) is 3. The Morgan fingerprint density at radius 1 is 1.17 bits per heavy atom. The van der Waals surface area contributed by atoms with E-state index in [1.165, 1.54) is 16.5 Å². The van der Waals surface area contributed by atoms with Crippen LogP contribution in [-0.2, 0) is 7.05 Å². The Balaban J connectivity index is 1.86. The van der Waals surface area contributed by atoms with Gasteiger partial charge in [0.15, 0.2) is 9.97 Å². The Morgan fingerprint density at radius 3 is 2.58 bits per heavy atom. The second kappa shape index (κ2) is 7.79. The van der Waals surface area contributed by atoms with Gasteiger partial charge in [0, 0.05) is 7.05 Å². The quantitative estimate of drug-likeness (QED) is 0.575. The molecule has 1 unspecified atom stereocenters. The van der Waals surface area contributed by atoms with Gasteiger partial charge >= 0.3 is 0 Å². The minimum atomic E-state index is -0.611. The van der Waals surface area contributed by atoms with Crippen molar-refractivity contribution in [3.05, 3.63) is 65.0 Å². The number of aliphatic imine (C=N–C) groups is 1. The Bertz CT molecular complexity index is 913. The predicted octanol–water partition coefficient (Wildman–Crippen LogP) is 3.59. The minimum Gasteiger partial charge on any atom is -0.386 e. The van der Waals surface area contributed by atoms with Crippen molar-refractivity contribution in [2.24, 2.45) is 17.0 Å². The molecule has 0 aliphatic carbocycles. The van der Waals surface area contributed by atoms with Crippen molar-refractivity contribution in [2.45, 2.75) is 6.10 Å². The number of amidine groups is 1. The molecule has 4 nitrogen and oxygen atoms in total. The Labute approximate surface area is 149 Å². The van der Waals surface area contributed by atoms with Crippen molar-refractivity contribution < 1.29 is 5.11 Å². The Kier molecular flexibility index (Phi) is 5.50. The van der Waals surface area contributed by atoms with Crippen molar-refractivity contribution in [1.82, 2.24) is 4.57 Å². The highest BCUT2D eigenvalue weighted by atomic mass is 32.2. The van der Waals surface area contributed by atoms with Gasteiger partial charge in [-0.3, -0.25) is 4.99 Å². The van der Waals surface area contributed by atoms with Crippen LogP contribution in [-0.4, -0.2) is 27.6 Å². The highest BCUT2D eigenvalue weighted by Gasteiger charge is 2.07. The van der Waals surface area contributed by atoms with Crippen LogP contribution in [0.4, 0.5) is 0 Å². The summed E-state index contributed by atoms with van der Waals surface area (Å²) < 4.78 is 3.27. The highest BCUT2D eigenvalue weighted by molar-refractivity contribution is 8.13. The summed E-state index contributed by atoms with van der Waals surface area (Å²) in [5.74, 6) is 0. The molecule has 6 heteroatoms. The van der Waals surface area contributed by atoms with E-state index in [0.717, 1.165) is 15.9 Å². The summed E-state index contributed by atoms with van der Waals surface area (Å²) in [5, 5.41) is 10.9. The fraction of sp³-hybridized carbons (Fsp3) is 0.222. The molecule has 0 saturated heterocycles. The molecule has 0 aliphatic heterocycles. The van der Waals surface area contributed by atoms with E-state index < -0.39 is 6.10 Å². The molecule has 3 aromatic rings. The number of thioether (sulfide) groups is 1. The molecule has 3 rings (SSSR count). The van der Waals surface area contributed by atoms with Gasteiger partial charge in [0.1, 0.15) is 0 Å². The van der Waals surface area contributed by atoms with Crippen LogP contribution in [0.2, 0.25) is 0 Å². The minimum absolute atomic E-state index is 0.304. The molecule has 1 atom stereocenters. The standard InChI is InChI=1S/C18H19N3OS2/c1-21-14-10-6-7-11-16(14)24-18(21)20-17(23-2)19-12-15(22)13-8-4-3-5-9-13/h3-11,15,22H,12H2,1-2H3/b19-17?,20-18-. The first-order valence-electron chi connectivity index (χ1n) is 7.60. The second-order valence-electron chi connectivity index (χ2n) is 5.28. The first-order chi connectivity index (χ1) is 11.7. The molecule has 1 heterocycles. The van der Waals surface area contributed by atoms with E-state index in [0.29, 0.717) is 11.7 Å². The number of para-hydroxylation sites is 1. The van der Waals surface area contributed by atoms with E-state index in [1.54, 1.807) is 11.3 Å². The largest absolute Gasteiger partial charge is 0.386 e. The fourth-order valence-electron chi connectivity index (χ4n) is 2.36. The molecule has 0 radical (unpaired) electrons. The van der Waals surface area contributed by atoms with Gasteiger partial charge in [-0.15, -0.1) is 0 Å². The maximum atomic E-state index is 10.2. The van der Waals surface area contributed by atoms with Crippen molar-refractivity contribution in [3.63, 3.8) is 0 Å². The number of benzene rings is 2. The second-order valence-corrected chi connectivity index (χ2v) is 7.06. The fourth-order valence-corrected chi connectivity index (χ4v) is 3.82. The zero-order chi connectivity index (χ0) is 16.9. The van der Waals surface area contributed by atoms with Crippen molar-refractivity contribution in [2.75, 3.05) is 12.8 Å². The average Bonchev–Trinajstić information content (AvgIpc) is 2.95. The number of aryl methyl sites for hydroxylation is 1. The third-order valence-electron chi connectivity index (χ3n) is 3.67. The van der Waals surface area contributed by atoms with Crippen LogP contribution in [0.3, 0.4) is 0 Å². The normalized spacial score (nSPS) is 14.3. The van der Waals surface area contributed by atoms with Gasteiger partial charge in [-0.2, -0.15) is 4.99 Å². The number of aliphatic hydroxyl groups is 1. The molecular weight excluding hydrogens is 338 g/mol. The summed E-state index contributed by atoms with van der Waals surface area (Å²) in [6.45, 7) is 0.304. The van der Waals surface area contributed by atoms with E-state index in [4.69, 9.17) is 0 Å². The van der Waals surface area contributed by atoms with Crippen molar-refractivity contribution in [3.8, 4) is 0 Å². The lowest BCUT2D eigenvalue weighted by Crippen LogP contribution is -2.12. The summed E-state index contributed by atoms with van der Waals surface area (Å²) >= 11 is 3.12. The first-order valence-corrected chi connectivity index (χ1v) is 9.64. The summed E-state index contributed by atoms with van der Waals surface area (Å²) in [7, 11) is 2.01. The number of hydrogen-bond acceptors (Lipinski definition) is 4. The van der Waals surface area contributed by atoms with Crippen molar-refractivity contribution >= 4 is 38.5 Å². The van der Waals surface area contributed by atoms with Crippen LogP contribution in [0.15, 0.2) is 64.6 Å². The maximum Gasteiger partial charge on any atom is 0.192 e. The average molecular weight is 358 g/mol. The molecule has 1 N–H and O–H groups in total. The Morgan fingerprint density at radius 2 is 1.88 bits per heavy atom. The number of thiazole rings is 1. The summed E-state index contributed by atoms with van der Waals surface area (Å²) in [6.07, 6.45) is 1.34. The molecule has 0 bridgehead atoms. The van der Waals surface area contributed by atoms with Crippen LogP contribution in [0.1, 0.15) is 11.7 Å². The number of aliphatic hydroxyl groups excluding tert-OH is 1. The van der Waals surface area contributed by atoms with Crippen LogP contribution < -0.4 is 4.80 Å². The van der Waals surface area contributed by atoms with Gasteiger partial charge in [-0.25, -0.2) is 0 Å². The van der Waals surface area contributed by atoms with E-state index in [1.807, 2.05) is 55.8 Å². The summed E-state index contributed by atoms with van der Waals surface area (Å²) in [4.78, 5) is 10.0. The SMILES string of the molecule is CSC(=NCC(O)c1ccccc1)/N=c1\sc2ccccc2n1C. The third-order valence-corrected chi connectivity index (χ3v) is 5.37. The van der Waals surface area contributed by atoms with E-state index in [2.05, 4.69) is 26.7 Å². The van der Waals surface area contributed by atoms with Gasteiger partial charge < -0.3 is 9.67 Å². The molecule has 0 amide bonds. The highest BCUT2D eigenvalue weighted by Crippen LogP contribution is 2.16. The lowest BCUT2D eigenvalue weighted by atomic mass is 10.1. The zero-order valence-corrected chi connectivity index (χ0v) is 15.2. The number of hydrogen-bond donors (Lipinski definition) is 1. The smallest absolute Gasteiger partial charge is 0.192 e. The monoisotopic (exact) mass is 357 g/mol. The molecule has 124 valence electrons. The maximum absolute atomic E-state index is 10.2. The lowest BCUT2D eigenvalue weighted by Gasteiger charge is -2.07. The van der Waals surface area contributed by atoms with Crippen molar-refractivity contribution in [1.29, 1.82) is 0 Å². The first kappa shape index (κ1) is 17.0. The molecule has 0 saturated carbocycles. The molecule has 1 aromatic heterocycles. The topological polar surface area (TPSA) is 49.9 Å². The van der Waals surface area contributed by atoms with Crippen LogP contribution in [0.25, 0.3) is 10.2 Å². The molecular formula is C18H19N3OS2. The predicted molar refractivity (Wildman–Crippen MR) is 104 cm³/mol. The van der Waals surface area contributed by atoms with Crippen LogP contribution in [0.5, 0.6) is 0 Å². The van der Waals surface area contributed by atoms with Gasteiger partial charge in [0.05, 0.1) is 22.9 Å². The van der Waals surface area contributed by atoms with Crippen LogP contribution in [0, 0.1) is 0 Å². The molecule has 0 fully saturated rings. The molecule has 2 aromatic carbocycles. The van der Waals surface area contributed by atoms with Gasteiger partial charge in [0.2, 0.25) is 0 Å². The van der Waals surface area contributed by atoms with Crippen LogP contribution >= 0.6 is 23.1 Å². The molecule has 0 spiro atoms. The molecule has 0 aliphatic rings. The number of fused-ring (bicyclic) bond motifs is 1. The Hall–Kier alpha value is -1.89. The number of aromatic nitrogens is 1. The summed E-state index contributed by atoms with van der Waals surface area (Å²) in [6, 6.07) is 17.8. The lowest BCUT2D eigenvalue weighted by molar-refractivity contribution is 0.187. The summed E-state index contributed by atoms with van der Waals surface area (Å²) in [5.41, 5.74) is 2.03. The van der Waals surface area contributed by atoms with E-state index in [-0.39, 0.29) is 0 Å². The van der Waals surface area contributed by atoms with E-state index >= 15 is 0 Å².